The van der Waals surface area contributed by atoms with Crippen LogP contribution < -0.4 is 4.74 Å². The molecule has 0 saturated carbocycles. The SMILES string of the molecule is COc1ccc(Br)c(CC2(C#N)CCc3ccccc32)c1. The van der Waals surface area contributed by atoms with Crippen molar-refractivity contribution in [3.05, 3.63) is 63.6 Å². The van der Waals surface area contributed by atoms with Crippen molar-refractivity contribution in [3.8, 4) is 11.8 Å². The van der Waals surface area contributed by atoms with E-state index >= 15 is 0 Å². The van der Waals surface area contributed by atoms with E-state index in [1.807, 2.05) is 30.3 Å². The number of nitrogens with zero attached hydrogens (tertiary/aromatic N) is 1. The van der Waals surface area contributed by atoms with Crippen LogP contribution >= 0.6 is 15.9 Å². The van der Waals surface area contributed by atoms with Crippen LogP contribution in [0.1, 0.15) is 23.1 Å². The number of benzene rings is 2. The third-order valence-corrected chi connectivity index (χ3v) is 5.09. The summed E-state index contributed by atoms with van der Waals surface area (Å²) < 4.78 is 6.34. The summed E-state index contributed by atoms with van der Waals surface area (Å²) in [5, 5.41) is 9.85. The van der Waals surface area contributed by atoms with Gasteiger partial charge in [-0.1, -0.05) is 40.2 Å². The topological polar surface area (TPSA) is 33.0 Å². The largest absolute Gasteiger partial charge is 0.497 e. The lowest BCUT2D eigenvalue weighted by molar-refractivity contribution is 0.413. The number of aryl methyl sites for hydroxylation is 1. The molecular weight excluding hydrogens is 326 g/mol. The van der Waals surface area contributed by atoms with Crippen LogP contribution in [-0.2, 0) is 18.3 Å². The van der Waals surface area contributed by atoms with Crippen LogP contribution in [0.25, 0.3) is 0 Å². The highest BCUT2D eigenvalue weighted by Gasteiger charge is 2.39. The predicted octanol–water partition coefficient (Wildman–Crippen LogP) is 4.41. The van der Waals surface area contributed by atoms with Crippen LogP contribution in [-0.4, -0.2) is 7.11 Å². The van der Waals surface area contributed by atoms with Gasteiger partial charge in [0.1, 0.15) is 5.75 Å². The smallest absolute Gasteiger partial charge is 0.119 e. The van der Waals surface area contributed by atoms with Gasteiger partial charge < -0.3 is 4.74 Å². The van der Waals surface area contributed by atoms with Crippen LogP contribution in [0, 0.1) is 11.3 Å². The molecule has 0 N–H and O–H groups in total. The molecule has 1 atom stereocenters. The van der Waals surface area contributed by atoms with Gasteiger partial charge in [0.15, 0.2) is 0 Å². The van der Waals surface area contributed by atoms with Crippen molar-refractivity contribution in [3.63, 3.8) is 0 Å². The summed E-state index contributed by atoms with van der Waals surface area (Å²) in [4.78, 5) is 0. The van der Waals surface area contributed by atoms with Gasteiger partial charge in [-0.05, 0) is 54.2 Å². The first-order valence-corrected chi connectivity index (χ1v) is 7.80. The maximum absolute atomic E-state index is 9.85. The third-order valence-electron chi connectivity index (χ3n) is 4.31. The Morgan fingerprint density at radius 3 is 2.86 bits per heavy atom. The van der Waals surface area contributed by atoms with E-state index in [0.29, 0.717) is 6.42 Å². The van der Waals surface area contributed by atoms with E-state index in [9.17, 15) is 5.26 Å². The molecule has 1 aliphatic rings. The third kappa shape index (κ3) is 2.45. The van der Waals surface area contributed by atoms with Gasteiger partial charge in [0.2, 0.25) is 0 Å². The molecule has 1 unspecified atom stereocenters. The molecule has 2 aromatic carbocycles. The Labute approximate surface area is 133 Å². The van der Waals surface area contributed by atoms with E-state index in [-0.39, 0.29) is 0 Å². The number of fused-ring (bicyclic) bond motifs is 1. The maximum atomic E-state index is 9.85. The van der Waals surface area contributed by atoms with Gasteiger partial charge in [-0.3, -0.25) is 0 Å². The second kappa shape index (κ2) is 5.54. The van der Waals surface area contributed by atoms with Crippen molar-refractivity contribution in [2.75, 3.05) is 7.11 Å². The minimum atomic E-state index is -0.425. The van der Waals surface area contributed by atoms with Crippen molar-refractivity contribution in [1.29, 1.82) is 5.26 Å². The van der Waals surface area contributed by atoms with Crippen molar-refractivity contribution < 1.29 is 4.74 Å². The number of halogens is 1. The normalized spacial score (nSPS) is 19.9. The lowest BCUT2D eigenvalue weighted by Crippen LogP contribution is -2.24. The van der Waals surface area contributed by atoms with Gasteiger partial charge in [0, 0.05) is 4.47 Å². The molecule has 0 bridgehead atoms. The highest BCUT2D eigenvalue weighted by molar-refractivity contribution is 9.10. The first-order valence-electron chi connectivity index (χ1n) is 7.00. The lowest BCUT2D eigenvalue weighted by Gasteiger charge is -2.23. The highest BCUT2D eigenvalue weighted by Crippen LogP contribution is 2.42. The monoisotopic (exact) mass is 341 g/mol. The fourth-order valence-corrected chi connectivity index (χ4v) is 3.55. The number of ether oxygens (including phenoxy) is 1. The summed E-state index contributed by atoms with van der Waals surface area (Å²) in [5.74, 6) is 0.826. The molecular formula is C18H16BrNO. The van der Waals surface area contributed by atoms with Gasteiger partial charge in [-0.2, -0.15) is 5.26 Å². The minimum Gasteiger partial charge on any atom is -0.497 e. The van der Waals surface area contributed by atoms with E-state index in [1.165, 1.54) is 11.1 Å². The molecule has 0 saturated heterocycles. The molecule has 2 aromatic rings. The fraction of sp³-hybridized carbons (Fsp3) is 0.278. The maximum Gasteiger partial charge on any atom is 0.119 e. The van der Waals surface area contributed by atoms with Crippen LogP contribution in [0.2, 0.25) is 0 Å². The Hall–Kier alpha value is -1.79. The van der Waals surface area contributed by atoms with Crippen molar-refractivity contribution in [2.45, 2.75) is 24.7 Å². The van der Waals surface area contributed by atoms with Crippen LogP contribution in [0.4, 0.5) is 0 Å². The molecule has 1 aliphatic carbocycles. The van der Waals surface area contributed by atoms with Crippen molar-refractivity contribution in [1.82, 2.24) is 0 Å². The molecule has 0 aliphatic heterocycles. The van der Waals surface area contributed by atoms with E-state index in [1.54, 1.807) is 7.11 Å². The van der Waals surface area contributed by atoms with Crippen molar-refractivity contribution in [2.24, 2.45) is 0 Å². The molecule has 0 spiro atoms. The van der Waals surface area contributed by atoms with E-state index < -0.39 is 5.41 Å². The molecule has 2 nitrogen and oxygen atoms in total. The second-order valence-corrected chi connectivity index (χ2v) is 6.34. The van der Waals surface area contributed by atoms with Gasteiger partial charge in [-0.25, -0.2) is 0 Å². The predicted molar refractivity (Wildman–Crippen MR) is 86.5 cm³/mol. The summed E-state index contributed by atoms with van der Waals surface area (Å²) in [6.07, 6.45) is 2.57. The van der Waals surface area contributed by atoms with Crippen LogP contribution in [0.5, 0.6) is 5.75 Å². The molecule has 3 heteroatoms. The molecule has 106 valence electrons. The Morgan fingerprint density at radius 2 is 2.10 bits per heavy atom. The summed E-state index contributed by atoms with van der Waals surface area (Å²) in [5.41, 5.74) is 3.18. The van der Waals surface area contributed by atoms with Gasteiger partial charge in [0.25, 0.3) is 0 Å². The van der Waals surface area contributed by atoms with E-state index in [2.05, 4.69) is 34.1 Å². The fourth-order valence-electron chi connectivity index (χ4n) is 3.17. The zero-order valence-corrected chi connectivity index (χ0v) is 13.5. The Balaban J connectivity index is 2.02. The Morgan fingerprint density at radius 1 is 1.29 bits per heavy atom. The molecule has 0 radical (unpaired) electrons. The zero-order valence-electron chi connectivity index (χ0n) is 11.9. The molecule has 0 fully saturated rings. The average molecular weight is 342 g/mol. The Kier molecular flexibility index (Phi) is 3.73. The van der Waals surface area contributed by atoms with Crippen LogP contribution in [0.15, 0.2) is 46.9 Å². The number of methoxy groups -OCH3 is 1. The number of hydrogen-bond donors (Lipinski definition) is 0. The standard InChI is InChI=1S/C18H16BrNO/c1-21-15-6-7-17(19)14(10-15)11-18(12-20)9-8-13-4-2-3-5-16(13)18/h2-7,10H,8-9,11H2,1H3. The summed E-state index contributed by atoms with van der Waals surface area (Å²) in [6, 6.07) is 16.8. The van der Waals surface area contributed by atoms with Crippen molar-refractivity contribution >= 4 is 15.9 Å². The molecule has 21 heavy (non-hydrogen) atoms. The van der Waals surface area contributed by atoms with Crippen LogP contribution in [0.3, 0.4) is 0 Å². The number of nitriles is 1. The molecule has 3 rings (SSSR count). The van der Waals surface area contributed by atoms with Gasteiger partial charge in [-0.15, -0.1) is 0 Å². The zero-order chi connectivity index (χ0) is 14.9. The molecule has 0 amide bonds. The minimum absolute atomic E-state index is 0.425. The highest BCUT2D eigenvalue weighted by atomic mass is 79.9. The van der Waals surface area contributed by atoms with E-state index in [0.717, 1.165) is 28.6 Å². The average Bonchev–Trinajstić information content (AvgIpc) is 2.89. The second-order valence-electron chi connectivity index (χ2n) is 5.49. The number of rotatable bonds is 3. The number of hydrogen-bond acceptors (Lipinski definition) is 2. The first kappa shape index (κ1) is 14.2. The quantitative estimate of drug-likeness (QED) is 0.828. The van der Waals surface area contributed by atoms with E-state index in [4.69, 9.17) is 4.74 Å². The molecule has 0 aromatic heterocycles. The summed E-state index contributed by atoms with van der Waals surface area (Å²) in [7, 11) is 1.66. The first-order chi connectivity index (χ1) is 10.2. The summed E-state index contributed by atoms with van der Waals surface area (Å²) >= 11 is 3.60. The Bertz CT molecular complexity index is 719. The van der Waals surface area contributed by atoms with Gasteiger partial charge in [0.05, 0.1) is 18.6 Å². The van der Waals surface area contributed by atoms with Gasteiger partial charge >= 0.3 is 0 Å². The summed E-state index contributed by atoms with van der Waals surface area (Å²) in [6.45, 7) is 0. The molecule has 0 heterocycles. The lowest BCUT2D eigenvalue weighted by atomic mass is 9.78.